The third-order valence-corrected chi connectivity index (χ3v) is 2.13. The van der Waals surface area contributed by atoms with Crippen LogP contribution in [0.5, 0.6) is 0 Å². The normalized spacial score (nSPS) is 13.1. The van der Waals surface area contributed by atoms with Crippen molar-refractivity contribution in [3.05, 3.63) is 0 Å². The van der Waals surface area contributed by atoms with Crippen LogP contribution in [0.1, 0.15) is 46.0 Å². The fraction of sp³-hybridized carbons (Fsp3) is 1.00. The first kappa shape index (κ1) is 14.5. The summed E-state index contributed by atoms with van der Waals surface area (Å²) >= 11 is 2.24. The van der Waals surface area contributed by atoms with Crippen LogP contribution in [0.25, 0.3) is 0 Å². The fourth-order valence-electron chi connectivity index (χ4n) is 1.22. The van der Waals surface area contributed by atoms with E-state index in [1.807, 2.05) is 0 Å². The predicted molar refractivity (Wildman–Crippen MR) is 60.7 cm³/mol. The molecule has 0 fully saturated rings. The first-order valence-electron chi connectivity index (χ1n) is 5.92. The number of hydrogen-bond donors (Lipinski definition) is 0. The minimum atomic E-state index is 0.474. The average molecular weight is 194 g/mol. The molecule has 0 aromatic carbocycles. The van der Waals surface area contributed by atoms with Gasteiger partial charge in [-0.2, -0.15) is 0 Å². The van der Waals surface area contributed by atoms with Gasteiger partial charge < -0.3 is 0 Å². The molecular weight excluding hydrogens is 171 g/mol. The van der Waals surface area contributed by atoms with E-state index in [1.165, 1.54) is 19.3 Å². The molecule has 0 saturated heterocycles. The molecule has 1 unspecified atom stereocenters. The Balaban J connectivity index is 2.85. The summed E-state index contributed by atoms with van der Waals surface area (Å²) in [5.74, 6) is 0. The molecule has 0 saturated carbocycles. The molecule has 0 bridgehead atoms. The van der Waals surface area contributed by atoms with Gasteiger partial charge in [0.1, 0.15) is 0 Å². The molecular formula is C11H23LiO2. The molecule has 0 spiro atoms. The molecule has 80 valence electrons. The van der Waals surface area contributed by atoms with Crippen LogP contribution in [0.3, 0.4) is 0 Å². The van der Waals surface area contributed by atoms with E-state index in [9.17, 15) is 0 Å². The van der Waals surface area contributed by atoms with E-state index < -0.39 is 0 Å². The van der Waals surface area contributed by atoms with Crippen LogP contribution in [0.4, 0.5) is 0 Å². The van der Waals surface area contributed by atoms with Gasteiger partial charge in [0.25, 0.3) is 0 Å². The Hall–Kier alpha value is 0.517. The van der Waals surface area contributed by atoms with E-state index in [4.69, 9.17) is 9.47 Å². The van der Waals surface area contributed by atoms with Gasteiger partial charge in [0, 0.05) is 0 Å². The number of rotatable bonds is 10. The van der Waals surface area contributed by atoms with E-state index in [0.717, 1.165) is 30.6 Å². The van der Waals surface area contributed by atoms with Crippen molar-refractivity contribution in [3.8, 4) is 0 Å². The van der Waals surface area contributed by atoms with Crippen molar-refractivity contribution in [2.45, 2.75) is 50.5 Å². The first-order valence-corrected chi connectivity index (χ1v) is 5.92. The van der Waals surface area contributed by atoms with E-state index >= 15 is 0 Å². The summed E-state index contributed by atoms with van der Waals surface area (Å²) in [5.41, 5.74) is 0. The van der Waals surface area contributed by atoms with E-state index in [2.05, 4.69) is 31.6 Å². The standard InChI is InChI=1S/C11H23O2.Li/c1-3-5-7-9-12-11-13-10-8-6-4-2;/h3H,4-11H2,1-2H3;. The average Bonchev–Trinajstić information content (AvgIpc) is 2.15. The van der Waals surface area contributed by atoms with Crippen LogP contribution in [0, 0.1) is 0 Å². The van der Waals surface area contributed by atoms with E-state index in [0.29, 0.717) is 6.79 Å². The Morgan fingerprint density at radius 3 is 2.29 bits per heavy atom. The van der Waals surface area contributed by atoms with Crippen LogP contribution in [0.2, 0.25) is 4.59 Å². The van der Waals surface area contributed by atoms with E-state index in [1.54, 1.807) is 0 Å². The first-order chi connectivity index (χ1) is 6.77. The molecule has 0 rings (SSSR count). The van der Waals surface area contributed by atoms with Crippen molar-refractivity contribution in [1.29, 1.82) is 0 Å². The van der Waals surface area contributed by atoms with Gasteiger partial charge in [0.2, 0.25) is 0 Å². The molecule has 0 N–H and O–H groups in total. The summed E-state index contributed by atoms with van der Waals surface area (Å²) in [6.07, 6.45) is 6.06. The number of ether oxygens (including phenoxy) is 2. The Morgan fingerprint density at radius 1 is 1.07 bits per heavy atom. The molecule has 0 aliphatic carbocycles. The quantitative estimate of drug-likeness (QED) is 0.302. The second-order valence-corrected chi connectivity index (χ2v) is 4.18. The zero-order valence-electron chi connectivity index (χ0n) is 10.1. The second-order valence-electron chi connectivity index (χ2n) is 4.18. The van der Waals surface area contributed by atoms with Crippen molar-refractivity contribution >= 4 is 17.7 Å². The minimum absolute atomic E-state index is 0.474. The zero-order valence-corrected chi connectivity index (χ0v) is 10.1. The Morgan fingerprint density at radius 2 is 1.71 bits per heavy atom. The summed E-state index contributed by atoms with van der Waals surface area (Å²) in [4.78, 5) is 0. The van der Waals surface area contributed by atoms with Gasteiger partial charge in [-0.05, 0) is 0 Å². The van der Waals surface area contributed by atoms with Gasteiger partial charge in [-0.15, -0.1) is 0 Å². The molecule has 0 radical (unpaired) electrons. The van der Waals surface area contributed by atoms with Gasteiger partial charge in [-0.1, -0.05) is 0 Å². The molecule has 3 heteroatoms. The SMILES string of the molecule is [Li][CH](C)CCCOCOCCCCC. The summed E-state index contributed by atoms with van der Waals surface area (Å²) in [7, 11) is 0. The molecule has 0 aliphatic rings. The Bertz CT molecular complexity index is 107. The summed E-state index contributed by atoms with van der Waals surface area (Å²) in [6.45, 7) is 6.59. The van der Waals surface area contributed by atoms with Gasteiger partial charge in [-0.25, -0.2) is 0 Å². The van der Waals surface area contributed by atoms with Gasteiger partial charge in [0.05, 0.1) is 0 Å². The topological polar surface area (TPSA) is 18.5 Å². The number of unbranched alkanes of at least 4 members (excludes halogenated alkanes) is 2. The summed E-state index contributed by atoms with van der Waals surface area (Å²) in [6, 6.07) is 0. The van der Waals surface area contributed by atoms with Crippen molar-refractivity contribution in [1.82, 2.24) is 0 Å². The third kappa shape index (κ3) is 12.5. The third-order valence-electron chi connectivity index (χ3n) is 2.13. The number of hydrogen-bond acceptors (Lipinski definition) is 2. The molecule has 0 aliphatic heterocycles. The van der Waals surface area contributed by atoms with Crippen LogP contribution < -0.4 is 0 Å². The van der Waals surface area contributed by atoms with Crippen LogP contribution in [-0.2, 0) is 9.47 Å². The monoisotopic (exact) mass is 194 g/mol. The maximum atomic E-state index is 5.34. The fourth-order valence-corrected chi connectivity index (χ4v) is 1.22. The van der Waals surface area contributed by atoms with Crippen molar-refractivity contribution < 1.29 is 9.47 Å². The van der Waals surface area contributed by atoms with Crippen molar-refractivity contribution in [3.63, 3.8) is 0 Å². The summed E-state index contributed by atoms with van der Waals surface area (Å²) in [5, 5.41) is 0. The van der Waals surface area contributed by atoms with Crippen LogP contribution >= 0.6 is 0 Å². The van der Waals surface area contributed by atoms with Crippen molar-refractivity contribution in [2.24, 2.45) is 0 Å². The predicted octanol–water partition coefficient (Wildman–Crippen LogP) is 2.92. The van der Waals surface area contributed by atoms with Crippen LogP contribution in [-0.4, -0.2) is 37.7 Å². The molecule has 1 atom stereocenters. The van der Waals surface area contributed by atoms with Crippen LogP contribution in [0.15, 0.2) is 0 Å². The van der Waals surface area contributed by atoms with Gasteiger partial charge >= 0.3 is 97.7 Å². The maximum absolute atomic E-state index is 5.34. The molecule has 0 aromatic rings. The zero-order chi connectivity index (χ0) is 10.6. The van der Waals surface area contributed by atoms with Gasteiger partial charge in [-0.3, -0.25) is 0 Å². The molecule has 0 amide bonds. The second kappa shape index (κ2) is 11.6. The molecule has 14 heavy (non-hydrogen) atoms. The summed E-state index contributed by atoms with van der Waals surface area (Å²) < 4.78 is 11.4. The molecule has 2 nitrogen and oxygen atoms in total. The Labute approximate surface area is 97.9 Å². The van der Waals surface area contributed by atoms with Crippen molar-refractivity contribution in [2.75, 3.05) is 20.0 Å². The van der Waals surface area contributed by atoms with E-state index in [-0.39, 0.29) is 0 Å². The van der Waals surface area contributed by atoms with Gasteiger partial charge in [0.15, 0.2) is 0 Å². The molecule has 0 heterocycles. The molecule has 0 aromatic heterocycles. The Kier molecular flexibility index (Phi) is 12.0.